The van der Waals surface area contributed by atoms with Gasteiger partial charge in [-0.3, -0.25) is 4.79 Å². The van der Waals surface area contributed by atoms with Crippen molar-refractivity contribution >= 4 is 44.4 Å². The fourth-order valence-electron chi connectivity index (χ4n) is 2.98. The number of carbonyl (C=O) groups is 1. The smallest absolute Gasteiger partial charge is 0.161 e. The lowest BCUT2D eigenvalue weighted by Gasteiger charge is -2.20. The molecular formula is C16H18BrNOS. The molecule has 1 unspecified atom stereocenters. The van der Waals surface area contributed by atoms with Gasteiger partial charge in [0.1, 0.15) is 0 Å². The maximum atomic E-state index is 11.8. The molecule has 1 aliphatic rings. The number of halogens is 1. The van der Waals surface area contributed by atoms with Gasteiger partial charge in [-0.1, -0.05) is 15.9 Å². The zero-order valence-electron chi connectivity index (χ0n) is 11.5. The van der Waals surface area contributed by atoms with Crippen molar-refractivity contribution < 1.29 is 4.79 Å². The first kappa shape index (κ1) is 14.2. The number of carbonyl (C=O) groups excluding carboxylic acids is 1. The lowest BCUT2D eigenvalue weighted by Crippen LogP contribution is -2.12. The van der Waals surface area contributed by atoms with Crippen LogP contribution in [0.25, 0.3) is 10.9 Å². The predicted octanol–water partition coefficient (Wildman–Crippen LogP) is 4.82. The summed E-state index contributed by atoms with van der Waals surface area (Å²) in [5, 5.41) is 1.19. The van der Waals surface area contributed by atoms with E-state index in [1.54, 1.807) is 6.92 Å². The number of ketones is 1. The Morgan fingerprint density at radius 1 is 1.50 bits per heavy atom. The molecule has 2 heterocycles. The summed E-state index contributed by atoms with van der Waals surface area (Å²) in [4.78, 5) is 15.1. The van der Waals surface area contributed by atoms with Crippen molar-refractivity contribution in [3.05, 3.63) is 33.9 Å². The van der Waals surface area contributed by atoms with Gasteiger partial charge >= 0.3 is 0 Å². The fourth-order valence-corrected chi connectivity index (χ4v) is 4.59. The van der Waals surface area contributed by atoms with Crippen LogP contribution in [0.2, 0.25) is 0 Å². The van der Waals surface area contributed by atoms with Crippen LogP contribution in [0.15, 0.2) is 22.8 Å². The third kappa shape index (κ3) is 2.82. The summed E-state index contributed by atoms with van der Waals surface area (Å²) in [5.41, 5.74) is 3.11. The van der Waals surface area contributed by atoms with Gasteiger partial charge in [-0.25, -0.2) is 0 Å². The molecule has 3 rings (SSSR count). The lowest BCUT2D eigenvalue weighted by molar-refractivity contribution is 0.101. The van der Waals surface area contributed by atoms with Crippen LogP contribution in [-0.2, 0) is 6.42 Å². The minimum absolute atomic E-state index is 0.109. The largest absolute Gasteiger partial charge is 0.360 e. The summed E-state index contributed by atoms with van der Waals surface area (Å²) in [7, 11) is 0. The first-order chi connectivity index (χ1) is 9.65. The van der Waals surface area contributed by atoms with Crippen LogP contribution in [0.3, 0.4) is 0 Å². The number of rotatable bonds is 3. The van der Waals surface area contributed by atoms with E-state index >= 15 is 0 Å². The SMILES string of the molecule is CC(=O)c1cc(Br)cc2c(CC3CCCSC3)c[nH]c12. The van der Waals surface area contributed by atoms with Crippen LogP contribution in [0, 0.1) is 5.92 Å². The van der Waals surface area contributed by atoms with Gasteiger partial charge in [-0.05, 0) is 61.3 Å². The standard InChI is InChI=1S/C16H18BrNOS/c1-10(19)14-6-13(17)7-15-12(8-18-16(14)15)5-11-3-2-4-20-9-11/h6-8,11,18H,2-5,9H2,1H3. The van der Waals surface area contributed by atoms with E-state index in [1.165, 1.54) is 35.3 Å². The Hall–Kier alpha value is -0.740. The number of nitrogens with one attached hydrogen (secondary N) is 1. The number of aromatic amines is 1. The molecule has 0 amide bonds. The van der Waals surface area contributed by atoms with Crippen molar-refractivity contribution in [3.8, 4) is 0 Å². The van der Waals surface area contributed by atoms with Gasteiger partial charge in [0.15, 0.2) is 5.78 Å². The first-order valence-electron chi connectivity index (χ1n) is 7.03. The second-order valence-electron chi connectivity index (χ2n) is 5.53. The quantitative estimate of drug-likeness (QED) is 0.804. The molecule has 20 heavy (non-hydrogen) atoms. The highest BCUT2D eigenvalue weighted by Gasteiger charge is 2.18. The van der Waals surface area contributed by atoms with E-state index in [2.05, 4.69) is 44.9 Å². The maximum absolute atomic E-state index is 11.8. The molecule has 1 aromatic carbocycles. The topological polar surface area (TPSA) is 32.9 Å². The highest BCUT2D eigenvalue weighted by atomic mass is 79.9. The Kier molecular flexibility index (Phi) is 4.22. The molecule has 0 spiro atoms. The number of Topliss-reactive ketones (excluding diaryl/α,β-unsaturated/α-hetero) is 1. The third-order valence-corrected chi connectivity index (χ3v) is 5.72. The van der Waals surface area contributed by atoms with Crippen molar-refractivity contribution in [1.82, 2.24) is 4.98 Å². The third-order valence-electron chi connectivity index (χ3n) is 3.98. The summed E-state index contributed by atoms with van der Waals surface area (Å²) in [5.74, 6) is 3.45. The van der Waals surface area contributed by atoms with Crippen molar-refractivity contribution in [2.45, 2.75) is 26.2 Å². The lowest BCUT2D eigenvalue weighted by atomic mass is 9.95. The second-order valence-corrected chi connectivity index (χ2v) is 7.60. The molecule has 0 aliphatic carbocycles. The van der Waals surface area contributed by atoms with E-state index in [9.17, 15) is 4.79 Å². The van der Waals surface area contributed by atoms with E-state index < -0.39 is 0 Å². The molecule has 4 heteroatoms. The van der Waals surface area contributed by atoms with Crippen molar-refractivity contribution in [1.29, 1.82) is 0 Å². The number of thioether (sulfide) groups is 1. The highest BCUT2D eigenvalue weighted by Crippen LogP contribution is 2.31. The Labute approximate surface area is 131 Å². The minimum Gasteiger partial charge on any atom is -0.360 e. The minimum atomic E-state index is 0.109. The molecule has 106 valence electrons. The molecular weight excluding hydrogens is 334 g/mol. The molecule has 1 saturated heterocycles. The summed E-state index contributed by atoms with van der Waals surface area (Å²) in [6.07, 6.45) is 5.86. The van der Waals surface area contributed by atoms with E-state index in [-0.39, 0.29) is 5.78 Å². The molecule has 0 saturated carbocycles. The van der Waals surface area contributed by atoms with E-state index in [0.29, 0.717) is 0 Å². The zero-order chi connectivity index (χ0) is 14.1. The number of fused-ring (bicyclic) bond motifs is 1. The van der Waals surface area contributed by atoms with Crippen LogP contribution >= 0.6 is 27.7 Å². The van der Waals surface area contributed by atoms with Crippen LogP contribution in [0.5, 0.6) is 0 Å². The number of benzene rings is 1. The molecule has 1 aliphatic heterocycles. The summed E-state index contributed by atoms with van der Waals surface area (Å²) >= 11 is 5.59. The highest BCUT2D eigenvalue weighted by molar-refractivity contribution is 9.10. The fraction of sp³-hybridized carbons (Fsp3) is 0.438. The van der Waals surface area contributed by atoms with Gasteiger partial charge in [0.25, 0.3) is 0 Å². The zero-order valence-corrected chi connectivity index (χ0v) is 13.9. The number of H-pyrrole nitrogens is 1. The predicted molar refractivity (Wildman–Crippen MR) is 89.8 cm³/mol. The number of hydrogen-bond donors (Lipinski definition) is 1. The monoisotopic (exact) mass is 351 g/mol. The Morgan fingerprint density at radius 3 is 3.05 bits per heavy atom. The Balaban J connectivity index is 1.97. The van der Waals surface area contributed by atoms with E-state index in [0.717, 1.165) is 27.9 Å². The van der Waals surface area contributed by atoms with Crippen molar-refractivity contribution in [2.75, 3.05) is 11.5 Å². The molecule has 1 atom stereocenters. The Bertz CT molecular complexity index is 643. The van der Waals surface area contributed by atoms with Crippen molar-refractivity contribution in [2.24, 2.45) is 5.92 Å². The Morgan fingerprint density at radius 2 is 2.35 bits per heavy atom. The molecule has 2 nitrogen and oxygen atoms in total. The van der Waals surface area contributed by atoms with Gasteiger partial charge in [-0.15, -0.1) is 0 Å². The normalized spacial score (nSPS) is 19.4. The van der Waals surface area contributed by atoms with Gasteiger partial charge in [0.2, 0.25) is 0 Å². The van der Waals surface area contributed by atoms with Crippen LogP contribution in [0.1, 0.15) is 35.7 Å². The average molecular weight is 352 g/mol. The molecule has 0 bridgehead atoms. The maximum Gasteiger partial charge on any atom is 0.161 e. The van der Waals surface area contributed by atoms with Gasteiger partial charge in [-0.2, -0.15) is 11.8 Å². The van der Waals surface area contributed by atoms with E-state index in [1.807, 2.05) is 6.07 Å². The molecule has 0 radical (unpaired) electrons. The van der Waals surface area contributed by atoms with Gasteiger partial charge in [0.05, 0.1) is 5.52 Å². The summed E-state index contributed by atoms with van der Waals surface area (Å²) in [6, 6.07) is 4.03. The molecule has 1 N–H and O–H groups in total. The number of hydrogen-bond acceptors (Lipinski definition) is 2. The van der Waals surface area contributed by atoms with Gasteiger partial charge < -0.3 is 4.98 Å². The molecule has 1 fully saturated rings. The van der Waals surface area contributed by atoms with Crippen LogP contribution in [-0.4, -0.2) is 22.3 Å². The van der Waals surface area contributed by atoms with Crippen molar-refractivity contribution in [3.63, 3.8) is 0 Å². The van der Waals surface area contributed by atoms with Crippen LogP contribution in [0.4, 0.5) is 0 Å². The summed E-state index contributed by atoms with van der Waals surface area (Å²) < 4.78 is 0.981. The molecule has 2 aromatic rings. The van der Waals surface area contributed by atoms with Gasteiger partial charge in [0, 0.05) is 21.6 Å². The summed E-state index contributed by atoms with van der Waals surface area (Å²) in [6.45, 7) is 1.62. The second kappa shape index (κ2) is 5.94. The average Bonchev–Trinajstić information content (AvgIpc) is 2.82. The number of aromatic nitrogens is 1. The van der Waals surface area contributed by atoms with E-state index in [4.69, 9.17) is 0 Å². The first-order valence-corrected chi connectivity index (χ1v) is 8.98. The van der Waals surface area contributed by atoms with Crippen LogP contribution < -0.4 is 0 Å². The molecule has 1 aromatic heterocycles.